The second kappa shape index (κ2) is 9.87. The third kappa shape index (κ3) is 6.66. The van der Waals surface area contributed by atoms with E-state index in [0.29, 0.717) is 12.3 Å². The molecule has 0 aromatic rings. The summed E-state index contributed by atoms with van der Waals surface area (Å²) in [5.41, 5.74) is 3.16. The lowest BCUT2D eigenvalue weighted by Crippen LogP contribution is -2.16. The van der Waals surface area contributed by atoms with Crippen LogP contribution in [0.2, 0.25) is 0 Å². The second-order valence-corrected chi connectivity index (χ2v) is 11.0. The molecule has 0 aromatic heterocycles. The van der Waals surface area contributed by atoms with E-state index in [4.69, 9.17) is 4.74 Å². The minimum absolute atomic E-state index is 0.000765. The minimum atomic E-state index is -0.0762. The van der Waals surface area contributed by atoms with Crippen LogP contribution in [0.5, 0.6) is 0 Å². The van der Waals surface area contributed by atoms with Gasteiger partial charge >= 0.3 is 0 Å². The number of carbonyl (C=O) groups excluding carboxylic acids is 1. The van der Waals surface area contributed by atoms with E-state index in [1.807, 2.05) is 6.08 Å². The van der Waals surface area contributed by atoms with E-state index in [9.17, 15) is 15.0 Å². The molecule has 0 spiro atoms. The van der Waals surface area contributed by atoms with Crippen molar-refractivity contribution >= 4 is 5.78 Å². The van der Waals surface area contributed by atoms with E-state index < -0.39 is 0 Å². The Kier molecular flexibility index (Phi) is 7.64. The van der Waals surface area contributed by atoms with Crippen molar-refractivity contribution in [1.82, 2.24) is 0 Å². The summed E-state index contributed by atoms with van der Waals surface area (Å²) in [4.78, 5) is 12.9. The molecule has 2 unspecified atom stereocenters. The first-order valence-electron chi connectivity index (χ1n) is 11.9. The summed E-state index contributed by atoms with van der Waals surface area (Å²) >= 11 is 0. The Morgan fingerprint density at radius 1 is 1.00 bits per heavy atom. The molecule has 0 radical (unpaired) electrons. The van der Waals surface area contributed by atoms with Crippen molar-refractivity contribution in [3.05, 3.63) is 46.8 Å². The van der Waals surface area contributed by atoms with Crippen LogP contribution in [0.3, 0.4) is 0 Å². The van der Waals surface area contributed by atoms with E-state index in [1.165, 1.54) is 5.57 Å². The lowest BCUT2D eigenvalue weighted by Gasteiger charge is -2.21. The molecule has 4 heteroatoms. The molecule has 0 aromatic carbocycles. The van der Waals surface area contributed by atoms with Crippen LogP contribution < -0.4 is 0 Å². The Bertz CT molecular complexity index is 794. The topological polar surface area (TPSA) is 70.1 Å². The highest BCUT2D eigenvalue weighted by Gasteiger charge is 2.42. The number of aliphatic hydroxyl groups excluding tert-OH is 2. The van der Waals surface area contributed by atoms with Crippen molar-refractivity contribution in [3.8, 4) is 0 Å². The Hall–Kier alpha value is -1.65. The van der Waals surface area contributed by atoms with Gasteiger partial charge in [0.15, 0.2) is 11.9 Å². The molecule has 4 nitrogen and oxygen atoms in total. The molecule has 1 fully saturated rings. The van der Waals surface area contributed by atoms with Gasteiger partial charge in [-0.3, -0.25) is 4.79 Å². The van der Waals surface area contributed by atoms with Gasteiger partial charge in [0.25, 0.3) is 0 Å². The smallest absolute Gasteiger partial charge is 0.175 e. The fraction of sp³-hybridized carbons (Fsp3) is 0.667. The molecular formula is C27H40O4. The summed E-state index contributed by atoms with van der Waals surface area (Å²) in [5.74, 6) is 1.68. The first kappa shape index (κ1) is 24.0. The van der Waals surface area contributed by atoms with Crippen molar-refractivity contribution in [3.63, 3.8) is 0 Å². The Morgan fingerprint density at radius 3 is 2.35 bits per heavy atom. The second-order valence-electron chi connectivity index (χ2n) is 11.0. The van der Waals surface area contributed by atoms with Crippen LogP contribution in [0.1, 0.15) is 79.1 Å². The van der Waals surface area contributed by atoms with Gasteiger partial charge in [0.1, 0.15) is 5.76 Å². The first-order chi connectivity index (χ1) is 14.6. The van der Waals surface area contributed by atoms with Crippen LogP contribution in [0.4, 0.5) is 0 Å². The van der Waals surface area contributed by atoms with Gasteiger partial charge in [-0.05, 0) is 61.3 Å². The fourth-order valence-electron chi connectivity index (χ4n) is 4.45. The predicted octanol–water partition coefficient (Wildman–Crippen LogP) is 5.42. The van der Waals surface area contributed by atoms with E-state index in [0.717, 1.165) is 61.9 Å². The summed E-state index contributed by atoms with van der Waals surface area (Å²) < 4.78 is 5.58. The highest BCUT2D eigenvalue weighted by molar-refractivity contribution is 6.01. The van der Waals surface area contributed by atoms with Gasteiger partial charge in [-0.25, -0.2) is 0 Å². The van der Waals surface area contributed by atoms with Gasteiger partial charge < -0.3 is 14.9 Å². The molecule has 0 saturated carbocycles. The molecule has 0 amide bonds. The highest BCUT2D eigenvalue weighted by Crippen LogP contribution is 2.45. The largest absolute Gasteiger partial charge is 0.478 e. The summed E-state index contributed by atoms with van der Waals surface area (Å²) in [7, 11) is 0. The van der Waals surface area contributed by atoms with E-state index in [-0.39, 0.29) is 35.9 Å². The SMILES string of the molecule is CC(C)(CO)CCCC1=C2OC2C=C1C(=O)CCC1=CC(CCCC(C)(C)CO)C=C1. The lowest BCUT2D eigenvalue weighted by atomic mass is 9.86. The summed E-state index contributed by atoms with van der Waals surface area (Å²) in [6.07, 6.45) is 16.1. The highest BCUT2D eigenvalue weighted by atomic mass is 16.6. The summed E-state index contributed by atoms with van der Waals surface area (Å²) in [6, 6.07) is 0. The molecule has 172 valence electrons. The van der Waals surface area contributed by atoms with Crippen molar-refractivity contribution in [2.45, 2.75) is 85.2 Å². The van der Waals surface area contributed by atoms with Crippen LogP contribution in [-0.4, -0.2) is 35.3 Å². The lowest BCUT2D eigenvalue weighted by molar-refractivity contribution is -0.115. The van der Waals surface area contributed by atoms with Gasteiger partial charge in [-0.2, -0.15) is 0 Å². The van der Waals surface area contributed by atoms with Crippen molar-refractivity contribution in [2.24, 2.45) is 16.7 Å². The quantitative estimate of drug-likeness (QED) is 0.363. The molecule has 2 aliphatic carbocycles. The summed E-state index contributed by atoms with van der Waals surface area (Å²) in [5, 5.41) is 18.8. The number of aliphatic hydroxyl groups is 2. The molecule has 2 N–H and O–H groups in total. The number of hydrogen-bond acceptors (Lipinski definition) is 4. The number of Topliss-reactive ketones (excluding diaryl/α,β-unsaturated/α-hetero) is 1. The normalized spacial score (nSPS) is 22.4. The maximum Gasteiger partial charge on any atom is 0.175 e. The average Bonchev–Trinajstić information content (AvgIpc) is 3.19. The maximum absolute atomic E-state index is 12.9. The summed E-state index contributed by atoms with van der Waals surface area (Å²) in [6.45, 7) is 8.77. The zero-order valence-electron chi connectivity index (χ0n) is 19.7. The minimum Gasteiger partial charge on any atom is -0.478 e. The number of carbonyl (C=O) groups is 1. The first-order valence-corrected chi connectivity index (χ1v) is 11.9. The average molecular weight is 429 g/mol. The number of ether oxygens (including phenoxy) is 1. The van der Waals surface area contributed by atoms with Crippen molar-refractivity contribution < 1.29 is 19.7 Å². The monoisotopic (exact) mass is 428 g/mol. The number of epoxide rings is 1. The van der Waals surface area contributed by atoms with Crippen LogP contribution in [0.25, 0.3) is 0 Å². The molecule has 3 aliphatic rings. The Labute approximate surface area is 187 Å². The molecule has 0 bridgehead atoms. The van der Waals surface area contributed by atoms with Gasteiger partial charge in [-0.15, -0.1) is 0 Å². The third-order valence-electron chi connectivity index (χ3n) is 6.85. The zero-order valence-corrected chi connectivity index (χ0v) is 19.7. The number of ketones is 1. The van der Waals surface area contributed by atoms with Gasteiger partial charge in [0, 0.05) is 30.8 Å². The molecule has 31 heavy (non-hydrogen) atoms. The molecule has 3 rings (SSSR count). The number of hydrogen-bond donors (Lipinski definition) is 2. The Balaban J connectivity index is 1.43. The zero-order chi connectivity index (χ0) is 22.6. The molecule has 1 heterocycles. The maximum atomic E-state index is 12.9. The number of rotatable bonds is 14. The van der Waals surface area contributed by atoms with Crippen LogP contribution in [-0.2, 0) is 9.53 Å². The predicted molar refractivity (Wildman–Crippen MR) is 124 cm³/mol. The Morgan fingerprint density at radius 2 is 1.68 bits per heavy atom. The molecule has 2 atom stereocenters. The van der Waals surface area contributed by atoms with Gasteiger partial charge in [0.05, 0.1) is 0 Å². The van der Waals surface area contributed by atoms with Gasteiger partial charge in [-0.1, -0.05) is 57.9 Å². The molecule has 1 saturated heterocycles. The van der Waals surface area contributed by atoms with Crippen molar-refractivity contribution in [1.29, 1.82) is 0 Å². The molecule has 1 aliphatic heterocycles. The van der Waals surface area contributed by atoms with Crippen molar-refractivity contribution in [2.75, 3.05) is 13.2 Å². The van der Waals surface area contributed by atoms with E-state index in [1.54, 1.807) is 0 Å². The standard InChI is InChI=1S/C27H40O4/c1-26(2,17-28)13-5-7-19-9-10-20(15-19)11-12-23(30)22-16-24-25(31-24)21(22)8-6-14-27(3,4)18-29/h9-10,15-16,19,24,28-29H,5-8,11-14,17-18H2,1-4H3. The molecular weight excluding hydrogens is 388 g/mol. The van der Waals surface area contributed by atoms with Gasteiger partial charge in [0.2, 0.25) is 0 Å². The number of fused-ring (bicyclic) bond motifs is 1. The van der Waals surface area contributed by atoms with Crippen LogP contribution in [0, 0.1) is 16.7 Å². The van der Waals surface area contributed by atoms with Crippen LogP contribution >= 0.6 is 0 Å². The van der Waals surface area contributed by atoms with E-state index in [2.05, 4.69) is 45.9 Å². The fourth-order valence-corrected chi connectivity index (χ4v) is 4.45. The third-order valence-corrected chi connectivity index (χ3v) is 6.85. The number of allylic oxidation sites excluding steroid dienone is 6. The van der Waals surface area contributed by atoms with E-state index >= 15 is 0 Å². The van der Waals surface area contributed by atoms with Crippen LogP contribution in [0.15, 0.2) is 46.8 Å².